The molecule has 3 saturated heterocycles. The maximum Gasteiger partial charge on any atom is 0.335 e. The van der Waals surface area contributed by atoms with Crippen LogP contribution in [-0.4, -0.2) is 152 Å². The highest BCUT2D eigenvalue weighted by Crippen LogP contribution is 2.41. The van der Waals surface area contributed by atoms with Gasteiger partial charge in [0.2, 0.25) is 0 Å². The summed E-state index contributed by atoms with van der Waals surface area (Å²) in [4.78, 5) is 79.8. The standard InChI is InChI=1S/C33H44N18O16/c1-10-11(2)20(44-50-38)31(62-18(10)8-40-46-34)64-23-17(43-49-37)7-16(42-48-36)22(58-12(3)52)26(23)66-33-29(61-15(6)55)27(28(67-33)30(56)57)65-32-21(45-51-39)25(60-14(5)54)24(59-13(4)53)19(63-32)9-41-47-35/h10-11,16-29,31-33H,7-9H2,1-6H3,(H,56,57)/t10-,11+,16-,17?,18?,19+,20?,21?,22?,23+,24-,25?,26-,27+,28+,29?,31+,32-,33-/m1/s1. The summed E-state index contributed by atoms with van der Waals surface area (Å²) in [5.74, 6) is -6.75. The summed E-state index contributed by atoms with van der Waals surface area (Å²) in [5.41, 5.74) is 56.6. The van der Waals surface area contributed by atoms with Crippen molar-refractivity contribution in [1.82, 2.24) is 0 Å². The van der Waals surface area contributed by atoms with E-state index < -0.39 is 152 Å². The lowest BCUT2D eigenvalue weighted by molar-refractivity contribution is -0.298. The van der Waals surface area contributed by atoms with E-state index in [4.69, 9.17) is 58.4 Å². The van der Waals surface area contributed by atoms with Gasteiger partial charge in [-0.2, -0.15) is 0 Å². The van der Waals surface area contributed by atoms with Gasteiger partial charge in [-0.3, -0.25) is 19.2 Å². The summed E-state index contributed by atoms with van der Waals surface area (Å²) >= 11 is 0. The Morgan fingerprint density at radius 2 is 0.955 bits per heavy atom. The van der Waals surface area contributed by atoms with Crippen molar-refractivity contribution >= 4 is 29.8 Å². The Bertz CT molecular complexity index is 2150. The van der Waals surface area contributed by atoms with Crippen LogP contribution in [0.3, 0.4) is 0 Å². The lowest BCUT2D eigenvalue weighted by Crippen LogP contribution is -2.62. The van der Waals surface area contributed by atoms with Gasteiger partial charge in [0.25, 0.3) is 0 Å². The molecule has 3 aliphatic heterocycles. The van der Waals surface area contributed by atoms with Gasteiger partial charge in [0.05, 0.1) is 43.4 Å². The summed E-state index contributed by atoms with van der Waals surface area (Å²) in [7, 11) is 0. The zero-order valence-corrected chi connectivity index (χ0v) is 36.2. The molecular formula is C33H44N18O16. The predicted molar refractivity (Wildman–Crippen MR) is 213 cm³/mol. The molecule has 67 heavy (non-hydrogen) atoms. The molecule has 0 spiro atoms. The Morgan fingerprint density at radius 1 is 0.507 bits per heavy atom. The van der Waals surface area contributed by atoms with Crippen molar-refractivity contribution in [3.63, 3.8) is 0 Å². The smallest absolute Gasteiger partial charge is 0.335 e. The molecule has 0 aromatic rings. The Hall–Kier alpha value is -7.03. The van der Waals surface area contributed by atoms with Gasteiger partial charge >= 0.3 is 29.8 Å². The minimum Gasteiger partial charge on any atom is -0.479 e. The number of carbonyl (C=O) groups is 5. The summed E-state index contributed by atoms with van der Waals surface area (Å²) in [5, 5.41) is 32.5. The van der Waals surface area contributed by atoms with Crippen LogP contribution in [0.15, 0.2) is 30.7 Å². The van der Waals surface area contributed by atoms with E-state index in [9.17, 15) is 51.2 Å². The van der Waals surface area contributed by atoms with E-state index in [1.54, 1.807) is 13.8 Å². The van der Waals surface area contributed by atoms with Crippen molar-refractivity contribution in [2.24, 2.45) is 42.5 Å². The van der Waals surface area contributed by atoms with E-state index in [0.29, 0.717) is 0 Å². The fourth-order valence-electron chi connectivity index (χ4n) is 8.06. The molecule has 362 valence electrons. The zero-order valence-electron chi connectivity index (χ0n) is 36.2. The number of carboxylic acid groups (broad SMARTS) is 1. The maximum absolute atomic E-state index is 13.0. The van der Waals surface area contributed by atoms with E-state index in [1.165, 1.54) is 0 Å². The van der Waals surface area contributed by atoms with Crippen LogP contribution in [0, 0.1) is 11.8 Å². The molecular weight excluding hydrogens is 904 g/mol. The highest BCUT2D eigenvalue weighted by molar-refractivity contribution is 5.74. The van der Waals surface area contributed by atoms with Gasteiger partial charge in [0.1, 0.15) is 30.5 Å². The van der Waals surface area contributed by atoms with Gasteiger partial charge in [-0.25, -0.2) is 4.79 Å². The van der Waals surface area contributed by atoms with Gasteiger partial charge in [-0.15, -0.1) is 0 Å². The van der Waals surface area contributed by atoms with E-state index in [0.717, 1.165) is 27.7 Å². The monoisotopic (exact) mass is 948 g/mol. The van der Waals surface area contributed by atoms with Crippen molar-refractivity contribution in [2.75, 3.05) is 13.1 Å². The Labute approximate surface area is 376 Å². The SMILES string of the molecule is CC(=O)OC1[C@H](O[C@@H]2C(OC(C)=O)[C@H](N=[N+]=[N-])CC(N=[N+]=[N-])[C@@H]2O[C@@H]2OC(CN=[N+]=[N-])[C@H](C)[C@H](C)C2N=[N+]=[N-])O[C@H](C(=O)O)[C@@H]1O[C@H]1O[C@@H](CN=[N+]=[N-])[C@@H](OC(C)=O)C(OC(C)=O)C1N=[N+]=[N-]. The van der Waals surface area contributed by atoms with Crippen molar-refractivity contribution in [1.29, 1.82) is 0 Å². The first-order valence-corrected chi connectivity index (χ1v) is 20.0. The summed E-state index contributed by atoms with van der Waals surface area (Å²) in [6, 6.07) is -5.80. The van der Waals surface area contributed by atoms with Crippen LogP contribution in [0.1, 0.15) is 48.0 Å². The van der Waals surface area contributed by atoms with Gasteiger partial charge in [-0.05, 0) is 51.4 Å². The molecule has 1 N–H and O–H groups in total. The van der Waals surface area contributed by atoms with Crippen molar-refractivity contribution in [3.05, 3.63) is 62.7 Å². The highest BCUT2D eigenvalue weighted by atomic mass is 16.8. The molecule has 0 aromatic carbocycles. The van der Waals surface area contributed by atoms with Crippen molar-refractivity contribution in [3.8, 4) is 0 Å². The average molecular weight is 949 g/mol. The molecule has 34 heteroatoms. The second-order valence-electron chi connectivity index (χ2n) is 15.2. The molecule has 4 rings (SSSR count). The summed E-state index contributed by atoms with van der Waals surface area (Å²) < 4.78 is 58.7. The normalized spacial score (nSPS) is 36.5. The van der Waals surface area contributed by atoms with Gasteiger partial charge in [0.15, 0.2) is 43.3 Å². The number of rotatable bonds is 19. The molecule has 4 fully saturated rings. The highest BCUT2D eigenvalue weighted by Gasteiger charge is 2.59. The van der Waals surface area contributed by atoms with E-state index >= 15 is 0 Å². The fourth-order valence-corrected chi connectivity index (χ4v) is 8.06. The number of esters is 4. The van der Waals surface area contributed by atoms with Crippen LogP contribution in [0.5, 0.6) is 0 Å². The van der Waals surface area contributed by atoms with Crippen molar-refractivity contribution in [2.45, 2.75) is 152 Å². The lowest BCUT2D eigenvalue weighted by atomic mass is 9.81. The third-order valence-corrected chi connectivity index (χ3v) is 11.0. The Balaban J connectivity index is 1.89. The van der Waals surface area contributed by atoms with Crippen LogP contribution in [-0.2, 0) is 71.3 Å². The zero-order chi connectivity index (χ0) is 49.5. The van der Waals surface area contributed by atoms with E-state index in [-0.39, 0.29) is 13.0 Å². The maximum atomic E-state index is 13.0. The molecule has 0 radical (unpaired) electrons. The molecule has 1 aliphatic carbocycles. The molecule has 19 atom stereocenters. The van der Waals surface area contributed by atoms with Crippen LogP contribution in [0.4, 0.5) is 0 Å². The van der Waals surface area contributed by atoms with Crippen LogP contribution in [0.25, 0.3) is 62.7 Å². The number of hydrogen-bond acceptors (Lipinski definition) is 21. The van der Waals surface area contributed by atoms with Crippen molar-refractivity contribution < 1.29 is 76.4 Å². The number of nitrogens with zero attached hydrogens (tertiary/aromatic N) is 18. The molecule has 0 aromatic heterocycles. The fraction of sp³-hybridized carbons (Fsp3) is 0.848. The molecule has 34 nitrogen and oxygen atoms in total. The number of aliphatic carboxylic acids is 1. The topological polar surface area (TPSA) is 490 Å². The first-order chi connectivity index (χ1) is 31.9. The van der Waals surface area contributed by atoms with Gasteiger partial charge < -0.3 is 52.5 Å². The Kier molecular flexibility index (Phi) is 19.2. The first kappa shape index (κ1) is 52.6. The second-order valence-corrected chi connectivity index (χ2v) is 15.2. The van der Waals surface area contributed by atoms with Gasteiger partial charge in [0, 0.05) is 57.2 Å². The van der Waals surface area contributed by atoms with Crippen LogP contribution < -0.4 is 0 Å². The quantitative estimate of drug-likeness (QED) is 0.0625. The number of hydrogen-bond donors (Lipinski definition) is 1. The minimum absolute atomic E-state index is 0.217. The minimum atomic E-state index is -2.21. The number of carbonyl (C=O) groups excluding carboxylic acids is 4. The Morgan fingerprint density at radius 3 is 1.49 bits per heavy atom. The molecule has 3 heterocycles. The third-order valence-electron chi connectivity index (χ3n) is 11.0. The number of ether oxygens (including phenoxy) is 10. The largest absolute Gasteiger partial charge is 0.479 e. The molecule has 0 amide bonds. The van der Waals surface area contributed by atoms with Gasteiger partial charge in [-0.1, -0.05) is 44.5 Å². The number of carboxylic acids is 1. The predicted octanol–water partition coefficient (Wildman–Crippen LogP) is 4.14. The summed E-state index contributed by atoms with van der Waals surface area (Å²) in [6.07, 6.45) is -23.3. The number of azide groups is 6. The lowest BCUT2D eigenvalue weighted by Gasteiger charge is -2.48. The first-order valence-electron chi connectivity index (χ1n) is 20.0. The molecule has 4 aliphatic rings. The third kappa shape index (κ3) is 13.1. The second kappa shape index (κ2) is 24.5. The molecule has 7 unspecified atom stereocenters. The molecule has 0 bridgehead atoms. The van der Waals surface area contributed by atoms with E-state index in [2.05, 4.69) is 60.2 Å². The average Bonchev–Trinajstić information content (AvgIpc) is 3.58. The van der Waals surface area contributed by atoms with E-state index in [1.807, 2.05) is 0 Å². The van der Waals surface area contributed by atoms with Crippen LogP contribution >= 0.6 is 0 Å². The molecule has 1 saturated carbocycles. The summed E-state index contributed by atoms with van der Waals surface area (Å²) in [6.45, 7) is 6.42. The van der Waals surface area contributed by atoms with Crippen LogP contribution in [0.2, 0.25) is 0 Å².